The molecule has 0 aliphatic heterocycles. The maximum Gasteiger partial charge on any atom is 0.329 e. The van der Waals surface area contributed by atoms with Crippen LogP contribution in [0.3, 0.4) is 0 Å². The number of aliphatic carboxylic acids is 1. The zero-order valence-corrected chi connectivity index (χ0v) is 4.53. The first-order valence-corrected chi connectivity index (χ1v) is 2.37. The van der Waals surface area contributed by atoms with Crippen molar-refractivity contribution < 1.29 is 20.1 Å². The van der Waals surface area contributed by atoms with Crippen LogP contribution in [-0.4, -0.2) is 32.6 Å². The molecule has 5 nitrogen and oxygen atoms in total. The fourth-order valence-corrected chi connectivity index (χ4v) is 0.591. The van der Waals surface area contributed by atoms with Crippen molar-refractivity contribution in [3.8, 4) is 0 Å². The van der Waals surface area contributed by atoms with E-state index in [4.69, 9.17) is 21.1 Å². The summed E-state index contributed by atoms with van der Waals surface area (Å²) in [5.74, 6) is -3.58. The lowest BCUT2D eigenvalue weighted by Crippen LogP contribution is -2.42. The predicted octanol–water partition coefficient (Wildman–Crippen LogP) is -2.15. The number of hydrogen-bond donors (Lipinski definition) is 4. The quantitative estimate of drug-likeness (QED) is 0.305. The normalized spacial score (nSPS) is 38.1. The van der Waals surface area contributed by atoms with Crippen molar-refractivity contribution in [2.75, 3.05) is 0 Å². The van der Waals surface area contributed by atoms with E-state index >= 15 is 0 Å². The summed E-state index contributed by atoms with van der Waals surface area (Å²) in [6.07, 6.45) is -0.296. The first-order valence-electron chi connectivity index (χ1n) is 2.37. The number of rotatable bonds is 1. The van der Waals surface area contributed by atoms with Crippen LogP contribution in [-0.2, 0) is 4.79 Å². The highest BCUT2D eigenvalue weighted by atomic mass is 16.5. The van der Waals surface area contributed by atoms with E-state index in [-0.39, 0.29) is 6.42 Å². The Morgan fingerprint density at radius 1 is 1.56 bits per heavy atom. The summed E-state index contributed by atoms with van der Waals surface area (Å²) in [6.45, 7) is 0. The highest BCUT2D eigenvalue weighted by Crippen LogP contribution is 2.42. The molecule has 0 spiro atoms. The third-order valence-corrected chi connectivity index (χ3v) is 1.50. The van der Waals surface area contributed by atoms with Crippen LogP contribution in [0.5, 0.6) is 0 Å². The molecule has 1 aliphatic rings. The van der Waals surface area contributed by atoms with Gasteiger partial charge in [-0.15, -0.1) is 0 Å². The lowest BCUT2D eigenvalue weighted by molar-refractivity contribution is -0.149. The highest BCUT2D eigenvalue weighted by molar-refractivity contribution is 5.84. The first-order chi connectivity index (χ1) is 3.90. The number of carboxylic acid groups (broad SMARTS) is 1. The van der Waals surface area contributed by atoms with Gasteiger partial charge in [0.15, 0.2) is 11.3 Å². The number of carbonyl (C=O) groups is 1. The van der Waals surface area contributed by atoms with E-state index in [1.54, 1.807) is 0 Å². The van der Waals surface area contributed by atoms with Gasteiger partial charge in [-0.2, -0.15) is 0 Å². The van der Waals surface area contributed by atoms with Gasteiger partial charge in [-0.25, -0.2) is 4.79 Å². The van der Waals surface area contributed by atoms with Crippen molar-refractivity contribution in [3.63, 3.8) is 0 Å². The van der Waals surface area contributed by atoms with Gasteiger partial charge in [-0.05, 0) is 0 Å². The van der Waals surface area contributed by atoms with Gasteiger partial charge < -0.3 is 21.1 Å². The highest BCUT2D eigenvalue weighted by Gasteiger charge is 2.70. The minimum atomic E-state index is -2.20. The molecule has 5 N–H and O–H groups in total. The molecule has 0 radical (unpaired) electrons. The summed E-state index contributed by atoms with van der Waals surface area (Å²) >= 11 is 0. The van der Waals surface area contributed by atoms with Crippen LogP contribution in [0.1, 0.15) is 6.42 Å². The van der Waals surface area contributed by atoms with Gasteiger partial charge >= 0.3 is 5.97 Å². The molecule has 0 amide bonds. The van der Waals surface area contributed by atoms with Gasteiger partial charge in [0.05, 0.1) is 0 Å². The van der Waals surface area contributed by atoms with Crippen LogP contribution < -0.4 is 5.73 Å². The third-order valence-electron chi connectivity index (χ3n) is 1.50. The van der Waals surface area contributed by atoms with Crippen LogP contribution in [0, 0.1) is 0 Å². The molecule has 1 fully saturated rings. The molecule has 0 aromatic rings. The molecular weight excluding hydrogens is 126 g/mol. The summed E-state index contributed by atoms with van der Waals surface area (Å²) in [4.78, 5) is 10.1. The molecule has 0 aromatic heterocycles. The Labute approximate surface area is 50.7 Å². The first kappa shape index (κ1) is 6.47. The van der Waals surface area contributed by atoms with Gasteiger partial charge in [0, 0.05) is 6.42 Å². The monoisotopic (exact) mass is 133 g/mol. The topological polar surface area (TPSA) is 104 Å². The Morgan fingerprint density at radius 2 is 1.89 bits per heavy atom. The third kappa shape index (κ3) is 0.625. The lowest BCUT2D eigenvalue weighted by atomic mass is 10.3. The molecule has 0 aromatic carbocycles. The Morgan fingerprint density at radius 3 is 1.89 bits per heavy atom. The minimum absolute atomic E-state index is 0.296. The maximum absolute atomic E-state index is 10.1. The Bertz CT molecular complexity index is 166. The summed E-state index contributed by atoms with van der Waals surface area (Å²) < 4.78 is 0. The zero-order valence-electron chi connectivity index (χ0n) is 4.53. The minimum Gasteiger partial charge on any atom is -0.480 e. The second kappa shape index (κ2) is 1.26. The number of nitrogens with two attached hydrogens (primary N) is 1. The fourth-order valence-electron chi connectivity index (χ4n) is 0.591. The van der Waals surface area contributed by atoms with Crippen molar-refractivity contribution in [1.29, 1.82) is 0 Å². The molecule has 1 atom stereocenters. The Hall–Kier alpha value is -0.650. The second-order valence-electron chi connectivity index (χ2n) is 2.27. The van der Waals surface area contributed by atoms with E-state index in [1.807, 2.05) is 0 Å². The standard InChI is InChI=1S/C4H7NO4/c5-3(2(6)7)1-4(3,8)9/h8-9H,1,5H2,(H,6,7). The molecule has 52 valence electrons. The molecular formula is C4H7NO4. The van der Waals surface area contributed by atoms with E-state index < -0.39 is 17.3 Å². The molecule has 0 bridgehead atoms. The summed E-state index contributed by atoms with van der Waals surface area (Å²) in [5, 5.41) is 25.3. The number of aliphatic hydroxyl groups is 2. The van der Waals surface area contributed by atoms with Gasteiger partial charge in [0.2, 0.25) is 0 Å². The maximum atomic E-state index is 10.1. The number of carboxylic acids is 1. The van der Waals surface area contributed by atoms with Gasteiger partial charge in [-0.3, -0.25) is 0 Å². The average molecular weight is 133 g/mol. The molecule has 1 unspecified atom stereocenters. The van der Waals surface area contributed by atoms with E-state index in [9.17, 15) is 4.79 Å². The van der Waals surface area contributed by atoms with Crippen molar-refractivity contribution in [3.05, 3.63) is 0 Å². The SMILES string of the molecule is NC1(C(=O)O)CC1(O)O. The van der Waals surface area contributed by atoms with Crippen molar-refractivity contribution in [1.82, 2.24) is 0 Å². The largest absolute Gasteiger partial charge is 0.480 e. The van der Waals surface area contributed by atoms with Crippen LogP contribution in [0.2, 0.25) is 0 Å². The molecule has 1 aliphatic carbocycles. The van der Waals surface area contributed by atoms with E-state index in [0.717, 1.165) is 0 Å². The van der Waals surface area contributed by atoms with Gasteiger partial charge in [0.1, 0.15) is 0 Å². The van der Waals surface area contributed by atoms with E-state index in [0.29, 0.717) is 0 Å². The average Bonchev–Trinajstić information content (AvgIpc) is 2.08. The van der Waals surface area contributed by atoms with Crippen molar-refractivity contribution in [2.24, 2.45) is 5.73 Å². The van der Waals surface area contributed by atoms with E-state index in [1.165, 1.54) is 0 Å². The Balaban J connectivity index is 2.74. The van der Waals surface area contributed by atoms with E-state index in [2.05, 4.69) is 0 Å². The summed E-state index contributed by atoms with van der Waals surface area (Å²) in [7, 11) is 0. The van der Waals surface area contributed by atoms with Crippen molar-refractivity contribution in [2.45, 2.75) is 17.7 Å². The Kier molecular flexibility index (Phi) is 0.904. The molecule has 1 rings (SSSR count). The van der Waals surface area contributed by atoms with Crippen LogP contribution >= 0.6 is 0 Å². The smallest absolute Gasteiger partial charge is 0.329 e. The van der Waals surface area contributed by atoms with Gasteiger partial charge in [0.25, 0.3) is 0 Å². The molecule has 1 saturated carbocycles. The summed E-state index contributed by atoms with van der Waals surface area (Å²) in [6, 6.07) is 0. The van der Waals surface area contributed by atoms with Crippen LogP contribution in [0.15, 0.2) is 0 Å². The second-order valence-corrected chi connectivity index (χ2v) is 2.27. The molecule has 0 saturated heterocycles. The van der Waals surface area contributed by atoms with Crippen LogP contribution in [0.25, 0.3) is 0 Å². The van der Waals surface area contributed by atoms with Crippen LogP contribution in [0.4, 0.5) is 0 Å². The lowest BCUT2D eigenvalue weighted by Gasteiger charge is -2.04. The summed E-state index contributed by atoms with van der Waals surface area (Å²) in [5.41, 5.74) is 3.14. The van der Waals surface area contributed by atoms with Crippen molar-refractivity contribution >= 4 is 5.97 Å². The fraction of sp³-hybridized carbons (Fsp3) is 0.750. The predicted molar refractivity (Wildman–Crippen MR) is 26.3 cm³/mol. The zero-order chi connectivity index (χ0) is 7.28. The molecule has 5 heteroatoms. The molecule has 0 heterocycles. The van der Waals surface area contributed by atoms with Gasteiger partial charge in [-0.1, -0.05) is 0 Å². The molecule has 9 heavy (non-hydrogen) atoms. The number of hydrogen-bond acceptors (Lipinski definition) is 4.